The van der Waals surface area contributed by atoms with Gasteiger partial charge in [0.1, 0.15) is 0 Å². The van der Waals surface area contributed by atoms with E-state index in [9.17, 15) is 0 Å². The lowest BCUT2D eigenvalue weighted by Crippen LogP contribution is -2.03. The Morgan fingerprint density at radius 2 is 1.76 bits per heavy atom. The van der Waals surface area contributed by atoms with E-state index in [-0.39, 0.29) is 5.38 Å². The largest absolute Gasteiger partial charge is 0.241 e. The number of hydrogen-bond acceptors (Lipinski definition) is 2. The Morgan fingerprint density at radius 1 is 1.00 bits per heavy atom. The minimum Gasteiger partial charge on any atom is -0.241 e. The summed E-state index contributed by atoms with van der Waals surface area (Å²) >= 11 is 8.24. The fraction of sp³-hybridized carbons (Fsp3) is 0.278. The molecule has 1 nitrogen and oxygen atoms in total. The summed E-state index contributed by atoms with van der Waals surface area (Å²) in [5.74, 6) is 0. The zero-order chi connectivity index (χ0) is 14.5. The third-order valence-electron chi connectivity index (χ3n) is 3.56. The van der Waals surface area contributed by atoms with E-state index in [0.29, 0.717) is 0 Å². The molecular weight excluding hydrogens is 298 g/mol. The van der Waals surface area contributed by atoms with E-state index in [1.165, 1.54) is 10.3 Å². The molecule has 0 spiro atoms. The third-order valence-corrected chi connectivity index (χ3v) is 4.99. The van der Waals surface area contributed by atoms with Gasteiger partial charge in [-0.15, -0.1) is 22.9 Å². The summed E-state index contributed by atoms with van der Waals surface area (Å²) in [5, 5.41) is 1.32. The number of benzene rings is 2. The van der Waals surface area contributed by atoms with Gasteiger partial charge in [-0.05, 0) is 37.0 Å². The smallest absolute Gasteiger partial charge is 0.0953 e. The summed E-state index contributed by atoms with van der Waals surface area (Å²) in [5.41, 5.74) is 2.48. The molecule has 1 aromatic heterocycles. The Balaban J connectivity index is 1.50. The maximum atomic E-state index is 6.48. The van der Waals surface area contributed by atoms with Gasteiger partial charge in [0.05, 0.1) is 15.2 Å². The van der Waals surface area contributed by atoms with Gasteiger partial charge in [-0.25, -0.2) is 4.98 Å². The van der Waals surface area contributed by atoms with E-state index in [1.807, 2.05) is 6.07 Å². The van der Waals surface area contributed by atoms with E-state index in [1.54, 1.807) is 11.3 Å². The molecule has 0 radical (unpaired) electrons. The highest BCUT2D eigenvalue weighted by molar-refractivity contribution is 7.18. The first kappa shape index (κ1) is 14.6. The first-order valence-corrected chi connectivity index (χ1v) is 8.59. The van der Waals surface area contributed by atoms with Crippen molar-refractivity contribution in [3.05, 3.63) is 65.2 Å². The third kappa shape index (κ3) is 4.05. The second-order valence-corrected chi connectivity index (χ2v) is 6.99. The first-order valence-electron chi connectivity index (χ1n) is 7.34. The molecule has 0 aliphatic rings. The van der Waals surface area contributed by atoms with Crippen LogP contribution < -0.4 is 0 Å². The average Bonchev–Trinajstić information content (AvgIpc) is 2.90. The molecular formula is C18H18ClNS. The molecule has 0 saturated heterocycles. The van der Waals surface area contributed by atoms with Gasteiger partial charge in [-0.1, -0.05) is 42.5 Å². The van der Waals surface area contributed by atoms with Crippen LogP contribution in [0.1, 0.15) is 23.4 Å². The monoisotopic (exact) mass is 315 g/mol. The molecule has 0 fully saturated rings. The van der Waals surface area contributed by atoms with Crippen LogP contribution in [-0.2, 0) is 12.8 Å². The van der Waals surface area contributed by atoms with Crippen LogP contribution in [0.5, 0.6) is 0 Å². The van der Waals surface area contributed by atoms with Crippen LogP contribution in [0, 0.1) is 0 Å². The predicted octanol–water partition coefficient (Wildman–Crippen LogP) is 5.47. The van der Waals surface area contributed by atoms with E-state index in [0.717, 1.165) is 36.2 Å². The molecule has 3 aromatic rings. The van der Waals surface area contributed by atoms with Crippen LogP contribution in [-0.4, -0.2) is 10.4 Å². The highest BCUT2D eigenvalue weighted by atomic mass is 35.5. The number of fused-ring (bicyclic) bond motifs is 1. The summed E-state index contributed by atoms with van der Waals surface area (Å²) in [6.45, 7) is 0. The molecule has 0 bridgehead atoms. The van der Waals surface area contributed by atoms with Gasteiger partial charge >= 0.3 is 0 Å². The Labute approximate surface area is 134 Å². The second-order valence-electron chi connectivity index (χ2n) is 5.25. The van der Waals surface area contributed by atoms with Crippen LogP contribution in [0.25, 0.3) is 10.2 Å². The van der Waals surface area contributed by atoms with Crippen molar-refractivity contribution < 1.29 is 0 Å². The quantitative estimate of drug-likeness (QED) is 0.550. The lowest BCUT2D eigenvalue weighted by molar-refractivity contribution is 0.685. The van der Waals surface area contributed by atoms with Crippen molar-refractivity contribution in [1.29, 1.82) is 0 Å². The highest BCUT2D eigenvalue weighted by Crippen LogP contribution is 2.24. The van der Waals surface area contributed by atoms with Gasteiger partial charge in [-0.2, -0.15) is 0 Å². The van der Waals surface area contributed by atoms with Crippen molar-refractivity contribution in [2.45, 2.75) is 31.1 Å². The lowest BCUT2D eigenvalue weighted by Gasteiger charge is -2.07. The molecule has 21 heavy (non-hydrogen) atoms. The number of aryl methyl sites for hydroxylation is 1. The van der Waals surface area contributed by atoms with Gasteiger partial charge in [0.25, 0.3) is 0 Å². The summed E-state index contributed by atoms with van der Waals surface area (Å²) in [6.07, 6.45) is 4.13. The molecule has 0 amide bonds. The van der Waals surface area contributed by atoms with Crippen molar-refractivity contribution >= 4 is 33.2 Å². The number of alkyl halides is 1. The Hall–Kier alpha value is -1.38. The number of halogens is 1. The molecule has 2 aromatic carbocycles. The molecule has 0 saturated carbocycles. The fourth-order valence-electron chi connectivity index (χ4n) is 2.47. The molecule has 0 aliphatic heterocycles. The Bertz CT molecular complexity index is 660. The first-order chi connectivity index (χ1) is 10.3. The zero-order valence-electron chi connectivity index (χ0n) is 11.8. The van der Waals surface area contributed by atoms with Gasteiger partial charge in [-0.3, -0.25) is 0 Å². The van der Waals surface area contributed by atoms with Crippen LogP contribution in [0.2, 0.25) is 0 Å². The summed E-state index contributed by atoms with van der Waals surface area (Å²) in [7, 11) is 0. The minimum absolute atomic E-state index is 0.175. The van der Waals surface area contributed by atoms with Gasteiger partial charge in [0.15, 0.2) is 0 Å². The highest BCUT2D eigenvalue weighted by Gasteiger charge is 2.10. The van der Waals surface area contributed by atoms with Crippen molar-refractivity contribution in [3.8, 4) is 0 Å². The summed E-state index contributed by atoms with van der Waals surface area (Å²) in [4.78, 5) is 4.65. The fourth-order valence-corrected chi connectivity index (χ4v) is 3.91. The molecule has 0 N–H and O–H groups in total. The Kier molecular flexibility index (Phi) is 4.89. The zero-order valence-corrected chi connectivity index (χ0v) is 13.4. The number of aromatic nitrogens is 1. The summed E-state index contributed by atoms with van der Waals surface area (Å²) in [6, 6.07) is 18.9. The van der Waals surface area contributed by atoms with E-state index in [4.69, 9.17) is 11.6 Å². The molecule has 3 heteroatoms. The van der Waals surface area contributed by atoms with E-state index < -0.39 is 0 Å². The SMILES string of the molecule is ClC(CCCc1ccccc1)Cc1nc2ccccc2s1. The van der Waals surface area contributed by atoms with Gasteiger partial charge < -0.3 is 0 Å². The minimum atomic E-state index is 0.175. The normalized spacial score (nSPS) is 12.6. The molecule has 108 valence electrons. The van der Waals surface area contributed by atoms with Crippen LogP contribution >= 0.6 is 22.9 Å². The average molecular weight is 316 g/mol. The second kappa shape index (κ2) is 7.06. The Morgan fingerprint density at radius 3 is 2.57 bits per heavy atom. The summed E-state index contributed by atoms with van der Waals surface area (Å²) < 4.78 is 1.25. The maximum absolute atomic E-state index is 6.48. The molecule has 1 unspecified atom stereocenters. The maximum Gasteiger partial charge on any atom is 0.0953 e. The molecule has 3 rings (SSSR count). The number of para-hydroxylation sites is 1. The van der Waals surface area contributed by atoms with E-state index >= 15 is 0 Å². The predicted molar refractivity (Wildman–Crippen MR) is 92.3 cm³/mol. The molecule has 0 aliphatic carbocycles. The molecule has 1 atom stereocenters. The number of thiazole rings is 1. The molecule has 1 heterocycles. The topological polar surface area (TPSA) is 12.9 Å². The number of hydrogen-bond donors (Lipinski definition) is 0. The van der Waals surface area contributed by atoms with Crippen molar-refractivity contribution in [3.63, 3.8) is 0 Å². The van der Waals surface area contributed by atoms with Crippen LogP contribution in [0.3, 0.4) is 0 Å². The van der Waals surface area contributed by atoms with Gasteiger partial charge in [0, 0.05) is 11.8 Å². The standard InChI is InChI=1S/C18H18ClNS/c19-15(10-6-9-14-7-2-1-3-8-14)13-18-20-16-11-4-5-12-17(16)21-18/h1-5,7-8,11-12,15H,6,9-10,13H2. The van der Waals surface area contributed by atoms with Crippen molar-refractivity contribution in [2.24, 2.45) is 0 Å². The lowest BCUT2D eigenvalue weighted by atomic mass is 10.1. The number of nitrogens with zero attached hydrogens (tertiary/aromatic N) is 1. The number of rotatable bonds is 6. The van der Waals surface area contributed by atoms with Crippen molar-refractivity contribution in [1.82, 2.24) is 4.98 Å². The van der Waals surface area contributed by atoms with Crippen LogP contribution in [0.15, 0.2) is 54.6 Å². The van der Waals surface area contributed by atoms with Crippen molar-refractivity contribution in [2.75, 3.05) is 0 Å². The van der Waals surface area contributed by atoms with Crippen LogP contribution in [0.4, 0.5) is 0 Å². The van der Waals surface area contributed by atoms with E-state index in [2.05, 4.69) is 53.5 Å². The van der Waals surface area contributed by atoms with Gasteiger partial charge in [0.2, 0.25) is 0 Å².